The van der Waals surface area contributed by atoms with Crippen molar-refractivity contribution in [2.75, 3.05) is 0 Å². The van der Waals surface area contributed by atoms with Crippen LogP contribution in [-0.2, 0) is 9.59 Å². The predicted octanol–water partition coefficient (Wildman–Crippen LogP) is 1.28. The minimum atomic E-state index is -0.236. The van der Waals surface area contributed by atoms with E-state index in [2.05, 4.69) is 0 Å². The Bertz CT molecular complexity index is 187. The monoisotopic (exact) mass is 138 g/mol. The van der Waals surface area contributed by atoms with Gasteiger partial charge in [0.05, 0.1) is 5.57 Å². The summed E-state index contributed by atoms with van der Waals surface area (Å²) in [5.74, 6) is -0.236. The third kappa shape index (κ3) is 2.40. The zero-order chi connectivity index (χ0) is 7.98. The van der Waals surface area contributed by atoms with Gasteiger partial charge in [-0.15, -0.1) is 0 Å². The molecule has 0 amide bonds. The van der Waals surface area contributed by atoms with Crippen LogP contribution in [0.1, 0.15) is 13.8 Å². The lowest BCUT2D eigenvalue weighted by Crippen LogP contribution is -1.98. The van der Waals surface area contributed by atoms with Crippen LogP contribution in [0.25, 0.3) is 0 Å². The summed E-state index contributed by atoms with van der Waals surface area (Å²) >= 11 is 0. The first-order chi connectivity index (χ1) is 4.76. The maximum Gasteiger partial charge on any atom is 0.188 e. The van der Waals surface area contributed by atoms with Crippen molar-refractivity contribution in [3.8, 4) is 0 Å². The normalized spacial score (nSPS) is 12.0. The number of carbonyl (C=O) groups is 2. The second-order valence-corrected chi connectivity index (χ2v) is 1.73. The molecule has 54 valence electrons. The Morgan fingerprint density at radius 2 is 1.90 bits per heavy atom. The first-order valence-electron chi connectivity index (χ1n) is 3.04. The molecule has 2 nitrogen and oxygen atoms in total. The van der Waals surface area contributed by atoms with Crippen LogP contribution in [0.2, 0.25) is 0 Å². The number of rotatable bonds is 3. The van der Waals surface area contributed by atoms with Crippen LogP contribution in [-0.4, -0.2) is 12.1 Å². The summed E-state index contributed by atoms with van der Waals surface area (Å²) in [7, 11) is 0. The van der Waals surface area contributed by atoms with Gasteiger partial charge in [0.1, 0.15) is 0 Å². The lowest BCUT2D eigenvalue weighted by atomic mass is 10.2. The quantitative estimate of drug-likeness (QED) is 0.255. The number of hydrogen-bond donors (Lipinski definition) is 0. The minimum absolute atomic E-state index is 0.207. The Morgan fingerprint density at radius 1 is 1.30 bits per heavy atom. The van der Waals surface area contributed by atoms with Crippen molar-refractivity contribution in [2.24, 2.45) is 0 Å². The number of ketones is 1. The SMILES string of the molecule is C/C=C(/C=O)C(=O)/C=C/C. The van der Waals surface area contributed by atoms with Gasteiger partial charge in [0.2, 0.25) is 0 Å². The topological polar surface area (TPSA) is 34.1 Å². The molecule has 0 rings (SSSR count). The molecule has 0 saturated carbocycles. The maximum absolute atomic E-state index is 10.8. The van der Waals surface area contributed by atoms with E-state index >= 15 is 0 Å². The molecular weight excluding hydrogens is 128 g/mol. The molecular formula is C8H10O2. The van der Waals surface area contributed by atoms with Gasteiger partial charge in [0.15, 0.2) is 12.1 Å². The first kappa shape index (κ1) is 8.82. The fourth-order valence-corrected chi connectivity index (χ4v) is 0.516. The molecule has 0 atom stereocenters. The average molecular weight is 138 g/mol. The molecule has 0 aromatic rings. The zero-order valence-electron chi connectivity index (χ0n) is 6.13. The van der Waals surface area contributed by atoms with Gasteiger partial charge in [-0.1, -0.05) is 12.2 Å². The highest BCUT2D eigenvalue weighted by atomic mass is 16.1. The van der Waals surface area contributed by atoms with Gasteiger partial charge in [-0.05, 0) is 19.9 Å². The fourth-order valence-electron chi connectivity index (χ4n) is 0.516. The molecule has 0 N–H and O–H groups in total. The number of allylic oxidation sites excluding steroid dienone is 4. The Morgan fingerprint density at radius 3 is 2.20 bits per heavy atom. The third-order valence-electron chi connectivity index (χ3n) is 1.04. The van der Waals surface area contributed by atoms with Crippen molar-refractivity contribution in [3.63, 3.8) is 0 Å². The van der Waals surface area contributed by atoms with Gasteiger partial charge < -0.3 is 0 Å². The van der Waals surface area contributed by atoms with E-state index in [9.17, 15) is 9.59 Å². The summed E-state index contributed by atoms with van der Waals surface area (Å²) < 4.78 is 0. The van der Waals surface area contributed by atoms with E-state index in [1.165, 1.54) is 12.2 Å². The molecule has 0 aliphatic carbocycles. The summed E-state index contributed by atoms with van der Waals surface area (Å²) in [5, 5.41) is 0. The van der Waals surface area contributed by atoms with Crippen molar-refractivity contribution in [1.29, 1.82) is 0 Å². The molecule has 0 aromatic carbocycles. The highest BCUT2D eigenvalue weighted by molar-refractivity contribution is 6.16. The highest BCUT2D eigenvalue weighted by Crippen LogP contribution is 1.92. The van der Waals surface area contributed by atoms with Crippen LogP contribution < -0.4 is 0 Å². The van der Waals surface area contributed by atoms with Crippen LogP contribution in [0.3, 0.4) is 0 Å². The Balaban J connectivity index is 4.32. The lowest BCUT2D eigenvalue weighted by Gasteiger charge is -1.87. The molecule has 0 fully saturated rings. The molecule has 0 bridgehead atoms. The number of aldehydes is 1. The zero-order valence-corrected chi connectivity index (χ0v) is 6.13. The molecule has 0 spiro atoms. The molecule has 0 aliphatic heterocycles. The molecule has 0 radical (unpaired) electrons. The van der Waals surface area contributed by atoms with Crippen LogP contribution in [0.4, 0.5) is 0 Å². The summed E-state index contributed by atoms with van der Waals surface area (Å²) in [6, 6.07) is 0. The van der Waals surface area contributed by atoms with E-state index in [-0.39, 0.29) is 11.4 Å². The third-order valence-corrected chi connectivity index (χ3v) is 1.04. The Labute approximate surface area is 60.2 Å². The highest BCUT2D eigenvalue weighted by Gasteiger charge is 2.00. The van der Waals surface area contributed by atoms with Crippen LogP contribution in [0, 0.1) is 0 Å². The van der Waals surface area contributed by atoms with Gasteiger partial charge in [0, 0.05) is 0 Å². The average Bonchev–Trinajstić information content (AvgIpc) is 1.91. The van der Waals surface area contributed by atoms with Crippen molar-refractivity contribution in [1.82, 2.24) is 0 Å². The Hall–Kier alpha value is -1.18. The van der Waals surface area contributed by atoms with Crippen molar-refractivity contribution < 1.29 is 9.59 Å². The standard InChI is InChI=1S/C8H10O2/c1-3-5-8(10)7(4-2)6-9/h3-6H,1-2H3/b5-3+,7-4-. The number of hydrogen-bond acceptors (Lipinski definition) is 2. The van der Waals surface area contributed by atoms with E-state index in [0.717, 1.165) is 0 Å². The summed E-state index contributed by atoms with van der Waals surface area (Å²) in [5.41, 5.74) is 0.207. The minimum Gasteiger partial charge on any atom is -0.298 e. The fraction of sp³-hybridized carbons (Fsp3) is 0.250. The molecule has 0 saturated heterocycles. The van der Waals surface area contributed by atoms with E-state index in [1.54, 1.807) is 19.9 Å². The molecule has 0 heterocycles. The van der Waals surface area contributed by atoms with Crippen molar-refractivity contribution >= 4 is 12.1 Å². The van der Waals surface area contributed by atoms with Gasteiger partial charge in [-0.3, -0.25) is 9.59 Å². The molecule has 0 unspecified atom stereocenters. The lowest BCUT2D eigenvalue weighted by molar-refractivity contribution is -0.114. The summed E-state index contributed by atoms with van der Waals surface area (Å²) in [4.78, 5) is 20.9. The molecule has 0 aliphatic rings. The van der Waals surface area contributed by atoms with E-state index in [4.69, 9.17) is 0 Å². The molecule has 10 heavy (non-hydrogen) atoms. The van der Waals surface area contributed by atoms with Crippen LogP contribution in [0.15, 0.2) is 23.8 Å². The van der Waals surface area contributed by atoms with Crippen molar-refractivity contribution in [2.45, 2.75) is 13.8 Å². The smallest absolute Gasteiger partial charge is 0.188 e. The summed E-state index contributed by atoms with van der Waals surface area (Å²) in [6.07, 6.45) is 5.02. The van der Waals surface area contributed by atoms with Gasteiger partial charge in [-0.25, -0.2) is 0 Å². The van der Waals surface area contributed by atoms with E-state index in [1.807, 2.05) is 0 Å². The predicted molar refractivity (Wildman–Crippen MR) is 39.6 cm³/mol. The maximum atomic E-state index is 10.8. The van der Waals surface area contributed by atoms with Gasteiger partial charge in [0.25, 0.3) is 0 Å². The van der Waals surface area contributed by atoms with Gasteiger partial charge >= 0.3 is 0 Å². The summed E-state index contributed by atoms with van der Waals surface area (Å²) in [6.45, 7) is 3.39. The molecule has 0 aromatic heterocycles. The largest absolute Gasteiger partial charge is 0.298 e. The van der Waals surface area contributed by atoms with Gasteiger partial charge in [-0.2, -0.15) is 0 Å². The Kier molecular flexibility index (Phi) is 4.12. The van der Waals surface area contributed by atoms with Crippen LogP contribution >= 0.6 is 0 Å². The van der Waals surface area contributed by atoms with Crippen LogP contribution in [0.5, 0.6) is 0 Å². The van der Waals surface area contributed by atoms with Crippen molar-refractivity contribution in [3.05, 3.63) is 23.8 Å². The second-order valence-electron chi connectivity index (χ2n) is 1.73. The second kappa shape index (κ2) is 4.68. The molecule has 2 heteroatoms. The van der Waals surface area contributed by atoms with E-state index < -0.39 is 0 Å². The van der Waals surface area contributed by atoms with E-state index in [0.29, 0.717) is 6.29 Å². The first-order valence-corrected chi connectivity index (χ1v) is 3.04. The number of carbonyl (C=O) groups excluding carboxylic acids is 2.